The number of hydrogen-bond donors (Lipinski definition) is 2. The topological polar surface area (TPSA) is 103 Å². The van der Waals surface area contributed by atoms with Crippen LogP contribution in [0, 0.1) is 0 Å². The summed E-state index contributed by atoms with van der Waals surface area (Å²) in [4.78, 5) is 28.8. The second-order valence-electron chi connectivity index (χ2n) is 7.19. The quantitative estimate of drug-likeness (QED) is 0.534. The van der Waals surface area contributed by atoms with Gasteiger partial charge in [-0.3, -0.25) is 14.9 Å². The zero-order valence-corrected chi connectivity index (χ0v) is 17.9. The van der Waals surface area contributed by atoms with E-state index in [9.17, 15) is 9.59 Å². The predicted molar refractivity (Wildman–Crippen MR) is 117 cm³/mol. The predicted octanol–water partition coefficient (Wildman–Crippen LogP) is 4.50. The van der Waals surface area contributed by atoms with Crippen LogP contribution in [0.3, 0.4) is 0 Å². The van der Waals surface area contributed by atoms with Crippen molar-refractivity contribution in [1.29, 1.82) is 0 Å². The lowest BCUT2D eigenvalue weighted by molar-refractivity contribution is -0.115. The van der Waals surface area contributed by atoms with Gasteiger partial charge in [0.2, 0.25) is 5.91 Å². The van der Waals surface area contributed by atoms with Gasteiger partial charge in [-0.15, -0.1) is 11.3 Å². The van der Waals surface area contributed by atoms with Crippen molar-refractivity contribution >= 4 is 34.0 Å². The van der Waals surface area contributed by atoms with Gasteiger partial charge in [-0.05, 0) is 49.9 Å². The largest absolute Gasteiger partial charge is 0.493 e. The molecule has 9 heteroatoms. The zero-order valence-electron chi connectivity index (χ0n) is 17.1. The Balaban J connectivity index is 1.35. The summed E-state index contributed by atoms with van der Waals surface area (Å²) < 4.78 is 16.5. The summed E-state index contributed by atoms with van der Waals surface area (Å²) in [6, 6.07) is 8.54. The Kier molecular flexibility index (Phi) is 6.51. The molecule has 1 fully saturated rings. The number of nitrogens with one attached hydrogen (secondary N) is 2. The first-order chi connectivity index (χ1) is 15.1. The molecular weight excluding hydrogens is 418 g/mol. The fourth-order valence-electron chi connectivity index (χ4n) is 3.41. The van der Waals surface area contributed by atoms with Crippen molar-refractivity contribution in [3.63, 3.8) is 0 Å². The van der Waals surface area contributed by atoms with Crippen LogP contribution in [0.2, 0.25) is 0 Å². The number of ether oxygens (including phenoxy) is 2. The third-order valence-corrected chi connectivity index (χ3v) is 5.71. The normalized spacial score (nSPS) is 13.7. The maximum Gasteiger partial charge on any atom is 0.293 e. The molecule has 0 atom stereocenters. The summed E-state index contributed by atoms with van der Waals surface area (Å²) in [6.07, 6.45) is 6.09. The first kappa shape index (κ1) is 20.9. The van der Waals surface area contributed by atoms with E-state index in [4.69, 9.17) is 13.9 Å². The Labute approximate surface area is 183 Å². The van der Waals surface area contributed by atoms with E-state index in [1.165, 1.54) is 30.4 Å². The van der Waals surface area contributed by atoms with Crippen LogP contribution in [0.5, 0.6) is 11.5 Å². The molecule has 8 nitrogen and oxygen atoms in total. The fourth-order valence-corrected chi connectivity index (χ4v) is 4.12. The minimum Gasteiger partial charge on any atom is -0.493 e. The molecule has 1 saturated carbocycles. The molecule has 0 saturated heterocycles. The Morgan fingerprint density at radius 3 is 2.77 bits per heavy atom. The van der Waals surface area contributed by atoms with Crippen molar-refractivity contribution in [1.82, 2.24) is 4.98 Å². The van der Waals surface area contributed by atoms with Gasteiger partial charge < -0.3 is 19.2 Å². The monoisotopic (exact) mass is 441 g/mol. The zero-order chi connectivity index (χ0) is 21.6. The Morgan fingerprint density at radius 1 is 1.19 bits per heavy atom. The number of amides is 2. The minimum atomic E-state index is -0.386. The van der Waals surface area contributed by atoms with Crippen molar-refractivity contribution in [2.45, 2.75) is 38.2 Å². The number of thiazole rings is 1. The second kappa shape index (κ2) is 9.65. The summed E-state index contributed by atoms with van der Waals surface area (Å²) in [5.74, 6) is 0.865. The van der Waals surface area contributed by atoms with Crippen LogP contribution in [0.25, 0.3) is 0 Å². The Morgan fingerprint density at radius 2 is 2.03 bits per heavy atom. The lowest BCUT2D eigenvalue weighted by Crippen LogP contribution is -2.16. The number of aromatic nitrogens is 1. The molecule has 2 N–H and O–H groups in total. The molecular formula is C22H23N3O5S. The molecule has 0 aliphatic heterocycles. The van der Waals surface area contributed by atoms with Gasteiger partial charge in [0.05, 0.1) is 31.6 Å². The van der Waals surface area contributed by atoms with Crippen molar-refractivity contribution in [2.75, 3.05) is 17.7 Å². The van der Waals surface area contributed by atoms with Crippen LogP contribution in [0.4, 0.5) is 10.8 Å². The van der Waals surface area contributed by atoms with Crippen LogP contribution in [0.1, 0.15) is 41.9 Å². The highest BCUT2D eigenvalue weighted by atomic mass is 32.1. The SMILES string of the molecule is COc1ccc(NC(=O)Cc2csc(NC(=O)c3ccco3)n2)cc1OC1CCCC1. The standard InChI is InChI=1S/C22H23N3O5S/c1-28-17-9-8-14(11-19(17)30-16-5-2-3-6-16)23-20(26)12-15-13-31-22(24-15)25-21(27)18-7-4-10-29-18/h4,7-11,13,16H,2-3,5-6,12H2,1H3,(H,23,26)(H,24,25,27). The van der Waals surface area contributed by atoms with Gasteiger partial charge in [-0.2, -0.15) is 0 Å². The Bertz CT molecular complexity index is 1040. The van der Waals surface area contributed by atoms with Gasteiger partial charge in [-0.1, -0.05) is 0 Å². The molecule has 0 spiro atoms. The molecule has 31 heavy (non-hydrogen) atoms. The summed E-state index contributed by atoms with van der Waals surface area (Å²) in [5, 5.41) is 7.66. The number of anilines is 2. The number of benzene rings is 1. The van der Waals surface area contributed by atoms with Crippen LogP contribution < -0.4 is 20.1 Å². The number of furan rings is 1. The lowest BCUT2D eigenvalue weighted by atomic mass is 10.2. The van der Waals surface area contributed by atoms with Crippen LogP contribution >= 0.6 is 11.3 Å². The highest BCUT2D eigenvalue weighted by Crippen LogP contribution is 2.34. The van der Waals surface area contributed by atoms with Gasteiger partial charge in [0.15, 0.2) is 22.4 Å². The van der Waals surface area contributed by atoms with Gasteiger partial charge >= 0.3 is 0 Å². The number of carbonyl (C=O) groups excluding carboxylic acids is 2. The molecule has 2 heterocycles. The third-order valence-electron chi connectivity index (χ3n) is 4.90. The third kappa shape index (κ3) is 5.43. The molecule has 1 aliphatic carbocycles. The number of nitrogens with zero attached hydrogens (tertiary/aromatic N) is 1. The molecule has 2 aromatic heterocycles. The highest BCUT2D eigenvalue weighted by molar-refractivity contribution is 7.14. The number of carbonyl (C=O) groups is 2. The molecule has 1 aliphatic rings. The summed E-state index contributed by atoms with van der Waals surface area (Å²) >= 11 is 1.25. The van der Waals surface area contributed by atoms with E-state index in [1.807, 2.05) is 0 Å². The minimum absolute atomic E-state index is 0.0813. The molecule has 0 radical (unpaired) electrons. The van der Waals surface area contributed by atoms with E-state index < -0.39 is 0 Å². The molecule has 3 aromatic rings. The van der Waals surface area contributed by atoms with Crippen LogP contribution in [-0.2, 0) is 11.2 Å². The van der Waals surface area contributed by atoms with E-state index >= 15 is 0 Å². The lowest BCUT2D eigenvalue weighted by Gasteiger charge is -2.17. The smallest absolute Gasteiger partial charge is 0.293 e. The molecule has 1 aromatic carbocycles. The van der Waals surface area contributed by atoms with Crippen LogP contribution in [0.15, 0.2) is 46.4 Å². The number of hydrogen-bond acceptors (Lipinski definition) is 7. The van der Waals surface area contributed by atoms with Gasteiger partial charge in [-0.25, -0.2) is 4.98 Å². The maximum absolute atomic E-state index is 12.5. The molecule has 0 unspecified atom stereocenters. The van der Waals surface area contributed by atoms with Crippen molar-refractivity contribution in [3.05, 3.63) is 53.4 Å². The molecule has 0 bridgehead atoms. The van der Waals surface area contributed by atoms with Crippen molar-refractivity contribution < 1.29 is 23.5 Å². The first-order valence-electron chi connectivity index (χ1n) is 10.0. The molecule has 162 valence electrons. The van der Waals surface area contributed by atoms with Crippen molar-refractivity contribution in [3.8, 4) is 11.5 Å². The second-order valence-corrected chi connectivity index (χ2v) is 8.05. The van der Waals surface area contributed by atoms with E-state index in [-0.39, 0.29) is 30.1 Å². The maximum atomic E-state index is 12.5. The van der Waals surface area contributed by atoms with E-state index in [2.05, 4.69) is 15.6 Å². The first-order valence-corrected chi connectivity index (χ1v) is 10.9. The summed E-state index contributed by atoms with van der Waals surface area (Å²) in [7, 11) is 1.60. The average Bonchev–Trinajstić information content (AvgIpc) is 3.51. The van der Waals surface area contributed by atoms with E-state index in [1.54, 1.807) is 42.8 Å². The molecule has 4 rings (SSSR count). The van der Waals surface area contributed by atoms with Gasteiger partial charge in [0.25, 0.3) is 5.91 Å². The summed E-state index contributed by atoms with van der Waals surface area (Å²) in [6.45, 7) is 0. The van der Waals surface area contributed by atoms with E-state index in [0.717, 1.165) is 12.8 Å². The Hall–Kier alpha value is -3.33. The fraction of sp³-hybridized carbons (Fsp3) is 0.318. The number of rotatable bonds is 8. The number of methoxy groups -OCH3 is 1. The molecule has 2 amide bonds. The average molecular weight is 442 g/mol. The summed E-state index contributed by atoms with van der Waals surface area (Å²) in [5.41, 5.74) is 1.19. The highest BCUT2D eigenvalue weighted by Gasteiger charge is 2.19. The van der Waals surface area contributed by atoms with Crippen LogP contribution in [-0.4, -0.2) is 30.0 Å². The van der Waals surface area contributed by atoms with Crippen molar-refractivity contribution in [2.24, 2.45) is 0 Å². The van der Waals surface area contributed by atoms with E-state index in [0.29, 0.717) is 28.0 Å². The van der Waals surface area contributed by atoms with Gasteiger partial charge in [0.1, 0.15) is 0 Å². The van der Waals surface area contributed by atoms with Gasteiger partial charge in [0, 0.05) is 17.1 Å².